The minimum atomic E-state index is -0.0753. The third-order valence-electron chi connectivity index (χ3n) is 6.18. The van der Waals surface area contributed by atoms with Crippen molar-refractivity contribution in [3.05, 3.63) is 60.2 Å². The highest BCUT2D eigenvalue weighted by atomic mass is 16.3. The van der Waals surface area contributed by atoms with Crippen LogP contribution in [0.4, 0.5) is 5.95 Å². The molecule has 0 spiro atoms. The number of aliphatic hydroxyl groups is 1. The second-order valence-electron chi connectivity index (χ2n) is 7.93. The van der Waals surface area contributed by atoms with Gasteiger partial charge in [0.2, 0.25) is 5.95 Å². The number of nitrogens with zero attached hydrogens (tertiary/aromatic N) is 5. The van der Waals surface area contributed by atoms with E-state index in [1.807, 2.05) is 10.7 Å². The van der Waals surface area contributed by atoms with Gasteiger partial charge in [0.25, 0.3) is 0 Å². The van der Waals surface area contributed by atoms with Crippen molar-refractivity contribution in [3.8, 4) is 11.1 Å². The van der Waals surface area contributed by atoms with Crippen LogP contribution in [0.1, 0.15) is 5.56 Å². The summed E-state index contributed by atoms with van der Waals surface area (Å²) >= 11 is 0. The van der Waals surface area contributed by atoms with Gasteiger partial charge in [-0.3, -0.25) is 0 Å². The summed E-state index contributed by atoms with van der Waals surface area (Å²) < 4.78 is 1.86. The number of hydrogen-bond donors (Lipinski definition) is 2. The first kappa shape index (κ1) is 17.3. The molecule has 2 N–H and O–H groups in total. The van der Waals surface area contributed by atoms with Crippen LogP contribution in [0, 0.1) is 11.3 Å². The topological polar surface area (TPSA) is 79.1 Å². The summed E-state index contributed by atoms with van der Waals surface area (Å²) in [6, 6.07) is 18.9. The van der Waals surface area contributed by atoms with Crippen LogP contribution in [-0.2, 0) is 6.54 Å². The number of nitrogens with one attached hydrogen (secondary N) is 1. The lowest BCUT2D eigenvalue weighted by atomic mass is 9.82. The van der Waals surface area contributed by atoms with Crippen LogP contribution in [-0.4, -0.2) is 58.1 Å². The maximum absolute atomic E-state index is 9.94. The van der Waals surface area contributed by atoms with Crippen molar-refractivity contribution in [2.24, 2.45) is 11.3 Å². The first-order valence-electron chi connectivity index (χ1n) is 9.74. The molecule has 5 rings (SSSR count). The summed E-state index contributed by atoms with van der Waals surface area (Å²) in [6.45, 7) is 4.29. The molecule has 7 heteroatoms. The molecule has 7 nitrogen and oxygen atoms in total. The molecule has 2 aromatic carbocycles. The van der Waals surface area contributed by atoms with Crippen molar-refractivity contribution in [3.63, 3.8) is 0 Å². The van der Waals surface area contributed by atoms with Crippen LogP contribution in [0.2, 0.25) is 0 Å². The molecule has 2 fully saturated rings. The summed E-state index contributed by atoms with van der Waals surface area (Å²) in [5.41, 5.74) is 3.49. The van der Waals surface area contributed by atoms with Crippen molar-refractivity contribution in [1.29, 1.82) is 0 Å². The van der Waals surface area contributed by atoms with Gasteiger partial charge < -0.3 is 15.3 Å². The minimum Gasteiger partial charge on any atom is -0.396 e. The fraction of sp³-hybridized carbons (Fsp3) is 0.381. The van der Waals surface area contributed by atoms with Gasteiger partial charge in [-0.15, -0.1) is 0 Å². The zero-order valence-electron chi connectivity index (χ0n) is 15.7. The average molecular weight is 376 g/mol. The monoisotopic (exact) mass is 376 g/mol. The van der Waals surface area contributed by atoms with Gasteiger partial charge in [0.05, 0.1) is 13.2 Å². The molecule has 0 saturated carbocycles. The van der Waals surface area contributed by atoms with Crippen molar-refractivity contribution in [1.82, 2.24) is 25.5 Å². The number of rotatable bonds is 5. The van der Waals surface area contributed by atoms with Crippen molar-refractivity contribution in [2.75, 3.05) is 37.7 Å². The van der Waals surface area contributed by atoms with Gasteiger partial charge >= 0.3 is 0 Å². The van der Waals surface area contributed by atoms with E-state index in [9.17, 15) is 5.11 Å². The van der Waals surface area contributed by atoms with Crippen molar-refractivity contribution in [2.45, 2.75) is 6.54 Å². The fourth-order valence-electron chi connectivity index (χ4n) is 4.53. The molecule has 0 aliphatic carbocycles. The largest absolute Gasteiger partial charge is 0.396 e. The normalized spacial score (nSPS) is 23.9. The molecule has 2 aliphatic heterocycles. The lowest BCUT2D eigenvalue weighted by Crippen LogP contribution is -2.36. The number of aliphatic hydroxyl groups excluding tert-OH is 1. The van der Waals surface area contributed by atoms with E-state index in [2.05, 4.69) is 74.3 Å². The molecule has 2 unspecified atom stereocenters. The first-order chi connectivity index (χ1) is 13.8. The molecule has 0 amide bonds. The summed E-state index contributed by atoms with van der Waals surface area (Å²) in [5.74, 6) is 1.22. The van der Waals surface area contributed by atoms with E-state index in [0.717, 1.165) is 37.7 Å². The van der Waals surface area contributed by atoms with E-state index in [1.165, 1.54) is 11.1 Å². The number of benzene rings is 2. The molecule has 0 bridgehead atoms. The van der Waals surface area contributed by atoms with Crippen LogP contribution in [0.3, 0.4) is 0 Å². The number of fused-ring (bicyclic) bond motifs is 1. The van der Waals surface area contributed by atoms with Crippen LogP contribution in [0.5, 0.6) is 0 Å². The Hall–Kier alpha value is -2.77. The van der Waals surface area contributed by atoms with Gasteiger partial charge in [0, 0.05) is 31.6 Å². The van der Waals surface area contributed by atoms with Gasteiger partial charge in [-0.05, 0) is 33.0 Å². The zero-order valence-corrected chi connectivity index (χ0v) is 15.7. The minimum absolute atomic E-state index is 0.0753. The maximum atomic E-state index is 9.94. The third-order valence-corrected chi connectivity index (χ3v) is 6.18. The average Bonchev–Trinajstić information content (AvgIpc) is 3.43. The molecule has 2 atom stereocenters. The summed E-state index contributed by atoms with van der Waals surface area (Å²) in [6.07, 6.45) is 0. The summed E-state index contributed by atoms with van der Waals surface area (Å²) in [7, 11) is 0. The van der Waals surface area contributed by atoms with Gasteiger partial charge in [0.1, 0.15) is 0 Å². The lowest BCUT2D eigenvalue weighted by Gasteiger charge is -2.25. The van der Waals surface area contributed by atoms with E-state index in [1.54, 1.807) is 0 Å². The molecule has 2 saturated heterocycles. The second-order valence-corrected chi connectivity index (χ2v) is 7.93. The predicted octanol–water partition coefficient (Wildman–Crippen LogP) is 1.41. The molecule has 144 valence electrons. The Morgan fingerprint density at radius 1 is 1.07 bits per heavy atom. The molecule has 0 radical (unpaired) electrons. The molecule has 1 aromatic heterocycles. The Bertz CT molecular complexity index is 941. The Morgan fingerprint density at radius 3 is 2.61 bits per heavy atom. The SMILES string of the molecule is OCC12CNCC1CN(c1nnnn1Cc1ccc(-c3ccccc3)cc1)C2. The standard InChI is InChI=1S/C21H24N6O/c28-15-21-13-22-10-19(21)12-26(14-21)20-23-24-25-27(20)11-16-6-8-18(9-7-16)17-4-2-1-3-5-17/h1-9,19,22,28H,10-15H2. The smallest absolute Gasteiger partial charge is 0.245 e. The highest BCUT2D eigenvalue weighted by Crippen LogP contribution is 2.39. The third kappa shape index (κ3) is 2.96. The Morgan fingerprint density at radius 2 is 1.86 bits per heavy atom. The molecular formula is C21H24N6O. The number of aromatic nitrogens is 4. The number of anilines is 1. The number of tetrazole rings is 1. The molecular weight excluding hydrogens is 352 g/mol. The van der Waals surface area contributed by atoms with Crippen LogP contribution in [0.25, 0.3) is 11.1 Å². The van der Waals surface area contributed by atoms with Crippen LogP contribution in [0.15, 0.2) is 54.6 Å². The second kappa shape index (κ2) is 7.00. The Labute approximate surface area is 164 Å². The zero-order chi connectivity index (χ0) is 19.0. The molecule has 3 heterocycles. The lowest BCUT2D eigenvalue weighted by molar-refractivity contribution is 0.135. The molecule has 3 aromatic rings. The van der Waals surface area contributed by atoms with Gasteiger partial charge in [-0.1, -0.05) is 59.7 Å². The van der Waals surface area contributed by atoms with Gasteiger partial charge in [-0.2, -0.15) is 0 Å². The Kier molecular flexibility index (Phi) is 4.33. The van der Waals surface area contributed by atoms with Crippen LogP contribution >= 0.6 is 0 Å². The van der Waals surface area contributed by atoms with Crippen molar-refractivity contribution < 1.29 is 5.11 Å². The van der Waals surface area contributed by atoms with E-state index in [-0.39, 0.29) is 12.0 Å². The predicted molar refractivity (Wildman–Crippen MR) is 107 cm³/mol. The van der Waals surface area contributed by atoms with Gasteiger partial charge in [0.15, 0.2) is 0 Å². The Balaban J connectivity index is 1.33. The summed E-state index contributed by atoms with van der Waals surface area (Å²) in [5, 5.41) is 25.8. The highest BCUT2D eigenvalue weighted by molar-refractivity contribution is 5.63. The van der Waals surface area contributed by atoms with Crippen molar-refractivity contribution >= 4 is 5.95 Å². The molecule has 2 aliphatic rings. The molecule has 28 heavy (non-hydrogen) atoms. The fourth-order valence-corrected chi connectivity index (χ4v) is 4.53. The summed E-state index contributed by atoms with van der Waals surface area (Å²) in [4.78, 5) is 2.22. The van der Waals surface area contributed by atoms with E-state index in [0.29, 0.717) is 12.5 Å². The number of hydrogen-bond acceptors (Lipinski definition) is 6. The first-order valence-corrected chi connectivity index (χ1v) is 9.74. The van der Waals surface area contributed by atoms with Gasteiger partial charge in [-0.25, -0.2) is 4.68 Å². The van der Waals surface area contributed by atoms with E-state index >= 15 is 0 Å². The highest BCUT2D eigenvalue weighted by Gasteiger charge is 2.50. The van der Waals surface area contributed by atoms with Crippen LogP contribution < -0.4 is 10.2 Å². The quantitative estimate of drug-likeness (QED) is 0.701. The van der Waals surface area contributed by atoms with E-state index < -0.39 is 0 Å². The van der Waals surface area contributed by atoms with E-state index in [4.69, 9.17) is 0 Å². The maximum Gasteiger partial charge on any atom is 0.245 e.